The number of ether oxygens (including phenoxy) is 1. The van der Waals surface area contributed by atoms with Gasteiger partial charge in [-0.1, -0.05) is 12.1 Å². The van der Waals surface area contributed by atoms with Crippen LogP contribution in [0.2, 0.25) is 0 Å². The lowest BCUT2D eigenvalue weighted by molar-refractivity contribution is -0.131. The average Bonchev–Trinajstić information content (AvgIpc) is 2.97. The number of carbonyl (C=O) groups is 1. The minimum atomic E-state index is -0.0727. The summed E-state index contributed by atoms with van der Waals surface area (Å²) in [5, 5.41) is 4.46. The van der Waals surface area contributed by atoms with Gasteiger partial charge in [-0.3, -0.25) is 9.36 Å². The zero-order chi connectivity index (χ0) is 19.6. The fourth-order valence-electron chi connectivity index (χ4n) is 3.72. The lowest BCUT2D eigenvalue weighted by Gasteiger charge is -2.32. The van der Waals surface area contributed by atoms with E-state index in [9.17, 15) is 9.59 Å². The minimum absolute atomic E-state index is 0.0727. The van der Waals surface area contributed by atoms with Crippen molar-refractivity contribution in [1.82, 2.24) is 19.2 Å². The van der Waals surface area contributed by atoms with Crippen molar-refractivity contribution in [3.05, 3.63) is 46.1 Å². The van der Waals surface area contributed by atoms with Crippen molar-refractivity contribution in [2.75, 3.05) is 20.2 Å². The van der Waals surface area contributed by atoms with Crippen molar-refractivity contribution < 1.29 is 9.53 Å². The molecular formula is C20H28N4O3. The predicted molar refractivity (Wildman–Crippen MR) is 103 cm³/mol. The molecule has 1 aromatic carbocycles. The lowest BCUT2D eigenvalue weighted by atomic mass is 9.95. The van der Waals surface area contributed by atoms with E-state index in [0.29, 0.717) is 19.5 Å². The topological polar surface area (TPSA) is 69.4 Å². The molecule has 2 heterocycles. The molecule has 1 aliphatic heterocycles. The van der Waals surface area contributed by atoms with Gasteiger partial charge in [0.15, 0.2) is 0 Å². The maximum absolute atomic E-state index is 12.7. The molecule has 1 aromatic heterocycles. The summed E-state index contributed by atoms with van der Waals surface area (Å²) in [5.41, 5.74) is 0.886. The first kappa shape index (κ1) is 19.2. The molecule has 0 radical (unpaired) electrons. The van der Waals surface area contributed by atoms with Gasteiger partial charge >= 0.3 is 5.69 Å². The van der Waals surface area contributed by atoms with Crippen LogP contribution >= 0.6 is 0 Å². The van der Waals surface area contributed by atoms with Crippen LogP contribution < -0.4 is 10.4 Å². The van der Waals surface area contributed by atoms with E-state index in [2.05, 4.69) is 5.10 Å². The third kappa shape index (κ3) is 4.07. The van der Waals surface area contributed by atoms with Crippen molar-refractivity contribution in [2.45, 2.75) is 45.1 Å². The number of piperidine rings is 1. The SMILES string of the molecule is COc1cccc(CC(=O)N2CCC(c3nn(C)c(=O)n3C(C)C)CC2)c1. The van der Waals surface area contributed by atoms with Gasteiger partial charge in [0.05, 0.1) is 13.5 Å². The van der Waals surface area contributed by atoms with Gasteiger partial charge in [0, 0.05) is 32.1 Å². The molecule has 0 aliphatic carbocycles. The van der Waals surface area contributed by atoms with Crippen LogP contribution in [0, 0.1) is 0 Å². The molecule has 7 heteroatoms. The first-order valence-corrected chi connectivity index (χ1v) is 9.46. The third-order valence-electron chi connectivity index (χ3n) is 5.20. The fraction of sp³-hybridized carbons (Fsp3) is 0.550. The van der Waals surface area contributed by atoms with Crippen molar-refractivity contribution >= 4 is 5.91 Å². The Balaban J connectivity index is 1.64. The summed E-state index contributed by atoms with van der Waals surface area (Å²) in [7, 11) is 3.32. The van der Waals surface area contributed by atoms with Gasteiger partial charge in [-0.25, -0.2) is 9.48 Å². The number of benzene rings is 1. The van der Waals surface area contributed by atoms with Gasteiger partial charge in [0.1, 0.15) is 11.6 Å². The normalized spacial score (nSPS) is 15.4. The molecule has 0 spiro atoms. The minimum Gasteiger partial charge on any atom is -0.497 e. The summed E-state index contributed by atoms with van der Waals surface area (Å²) in [4.78, 5) is 26.9. The Morgan fingerprint density at radius 3 is 2.63 bits per heavy atom. The largest absolute Gasteiger partial charge is 0.497 e. The highest BCUT2D eigenvalue weighted by Crippen LogP contribution is 2.28. The van der Waals surface area contributed by atoms with Crippen molar-refractivity contribution in [3.8, 4) is 5.75 Å². The summed E-state index contributed by atoms with van der Waals surface area (Å²) in [6.45, 7) is 5.38. The second-order valence-corrected chi connectivity index (χ2v) is 7.41. The van der Waals surface area contributed by atoms with Gasteiger partial charge in [-0.05, 0) is 44.4 Å². The molecular weight excluding hydrogens is 344 g/mol. The molecule has 2 aromatic rings. The number of aromatic nitrogens is 3. The Kier molecular flexibility index (Phi) is 5.68. The highest BCUT2D eigenvalue weighted by Gasteiger charge is 2.28. The summed E-state index contributed by atoms with van der Waals surface area (Å²) < 4.78 is 8.41. The van der Waals surface area contributed by atoms with Gasteiger partial charge in [-0.2, -0.15) is 5.10 Å². The number of likely N-dealkylation sites (tertiary alicyclic amines) is 1. The fourth-order valence-corrected chi connectivity index (χ4v) is 3.72. The van der Waals surface area contributed by atoms with E-state index in [-0.39, 0.29) is 23.6 Å². The van der Waals surface area contributed by atoms with Crippen molar-refractivity contribution in [1.29, 1.82) is 0 Å². The molecule has 146 valence electrons. The molecule has 1 saturated heterocycles. The van der Waals surface area contributed by atoms with Crippen LogP contribution in [0.5, 0.6) is 5.75 Å². The van der Waals surface area contributed by atoms with Crippen LogP contribution in [0.15, 0.2) is 29.1 Å². The molecule has 0 saturated carbocycles. The van der Waals surface area contributed by atoms with Crippen LogP contribution in [0.3, 0.4) is 0 Å². The van der Waals surface area contributed by atoms with Gasteiger partial charge in [0.25, 0.3) is 0 Å². The maximum Gasteiger partial charge on any atom is 0.345 e. The Bertz CT molecular complexity index is 860. The first-order chi connectivity index (χ1) is 12.9. The molecule has 1 amide bonds. The highest BCUT2D eigenvalue weighted by molar-refractivity contribution is 5.79. The van der Waals surface area contributed by atoms with Crippen molar-refractivity contribution in [3.63, 3.8) is 0 Å². The first-order valence-electron chi connectivity index (χ1n) is 9.46. The monoisotopic (exact) mass is 372 g/mol. The van der Waals surface area contributed by atoms with E-state index < -0.39 is 0 Å². The van der Waals surface area contributed by atoms with Gasteiger partial charge in [0.2, 0.25) is 5.91 Å². The van der Waals surface area contributed by atoms with E-state index in [1.165, 1.54) is 4.68 Å². The van der Waals surface area contributed by atoms with E-state index in [1.807, 2.05) is 43.0 Å². The smallest absolute Gasteiger partial charge is 0.345 e. The highest BCUT2D eigenvalue weighted by atomic mass is 16.5. The number of amides is 1. The second-order valence-electron chi connectivity index (χ2n) is 7.41. The van der Waals surface area contributed by atoms with E-state index in [4.69, 9.17) is 4.74 Å². The molecule has 1 aliphatic rings. The summed E-state index contributed by atoms with van der Waals surface area (Å²) in [6.07, 6.45) is 2.03. The molecule has 0 N–H and O–H groups in total. The zero-order valence-corrected chi connectivity index (χ0v) is 16.5. The van der Waals surface area contributed by atoms with E-state index in [0.717, 1.165) is 30.0 Å². The molecule has 0 atom stereocenters. The number of nitrogens with zero attached hydrogens (tertiary/aromatic N) is 4. The quantitative estimate of drug-likeness (QED) is 0.806. The summed E-state index contributed by atoms with van der Waals surface area (Å²) in [6, 6.07) is 7.71. The Morgan fingerprint density at radius 1 is 1.30 bits per heavy atom. The van der Waals surface area contributed by atoms with Crippen LogP contribution in [0.4, 0.5) is 0 Å². The molecule has 0 unspecified atom stereocenters. The molecule has 1 fully saturated rings. The lowest BCUT2D eigenvalue weighted by Crippen LogP contribution is -2.39. The zero-order valence-electron chi connectivity index (χ0n) is 16.5. The number of hydrogen-bond acceptors (Lipinski definition) is 4. The number of methoxy groups -OCH3 is 1. The standard InChI is InChI=1S/C20H28N4O3/c1-14(2)24-19(21-22(3)20(24)26)16-8-10-23(11-9-16)18(25)13-15-6-5-7-17(12-15)27-4/h5-7,12,14,16H,8-11,13H2,1-4H3. The van der Waals surface area contributed by atoms with Gasteiger partial charge < -0.3 is 9.64 Å². The second kappa shape index (κ2) is 7.98. The van der Waals surface area contributed by atoms with E-state index >= 15 is 0 Å². The Labute approximate surface area is 159 Å². The van der Waals surface area contributed by atoms with Gasteiger partial charge in [-0.15, -0.1) is 0 Å². The summed E-state index contributed by atoms with van der Waals surface area (Å²) >= 11 is 0. The van der Waals surface area contributed by atoms with E-state index in [1.54, 1.807) is 18.7 Å². The maximum atomic E-state index is 12.7. The van der Waals surface area contributed by atoms with Crippen molar-refractivity contribution in [2.24, 2.45) is 7.05 Å². The van der Waals surface area contributed by atoms with Crippen LogP contribution in [-0.4, -0.2) is 45.4 Å². The Hall–Kier alpha value is -2.57. The average molecular weight is 372 g/mol. The van der Waals surface area contributed by atoms with Crippen LogP contribution in [0.1, 0.15) is 50.0 Å². The van der Waals surface area contributed by atoms with Crippen LogP contribution in [-0.2, 0) is 18.3 Å². The third-order valence-corrected chi connectivity index (χ3v) is 5.20. The Morgan fingerprint density at radius 2 is 2.00 bits per heavy atom. The molecule has 3 rings (SSSR count). The number of aryl methyl sites for hydroxylation is 1. The number of rotatable bonds is 5. The predicted octanol–water partition coefficient (Wildman–Crippen LogP) is 2.12. The number of hydrogen-bond donors (Lipinski definition) is 0. The summed E-state index contributed by atoms with van der Waals surface area (Å²) in [5.74, 6) is 1.95. The molecule has 7 nitrogen and oxygen atoms in total. The number of carbonyl (C=O) groups excluding carboxylic acids is 1. The molecule has 0 bridgehead atoms. The molecule has 27 heavy (non-hydrogen) atoms. The van der Waals surface area contributed by atoms with Crippen LogP contribution in [0.25, 0.3) is 0 Å².